The smallest absolute Gasteiger partial charge is 0.326 e. The number of anilines is 1. The van der Waals surface area contributed by atoms with E-state index in [1.54, 1.807) is 0 Å². The van der Waals surface area contributed by atoms with Crippen molar-refractivity contribution in [2.75, 3.05) is 5.73 Å². The Morgan fingerprint density at radius 1 is 1.03 bits per heavy atom. The molecule has 0 aliphatic heterocycles. The number of rotatable bonds is 4. The second-order valence-electron chi connectivity index (χ2n) is 8.03. The molecule has 1 unspecified atom stereocenters. The third-order valence-corrected chi connectivity index (χ3v) is 6.03. The number of carbonyl (C=O) groups is 2. The van der Waals surface area contributed by atoms with Crippen molar-refractivity contribution in [2.45, 2.75) is 50.6 Å². The van der Waals surface area contributed by atoms with Crippen molar-refractivity contribution in [1.82, 2.24) is 20.6 Å². The van der Waals surface area contributed by atoms with Crippen LogP contribution in [0.2, 0.25) is 0 Å². The fourth-order valence-electron chi connectivity index (χ4n) is 4.48. The number of nitrogen functional groups attached to an aromatic ring is 1. The average molecular weight is 411 g/mol. The van der Waals surface area contributed by atoms with Crippen molar-refractivity contribution in [3.05, 3.63) is 61.9 Å². The summed E-state index contributed by atoms with van der Waals surface area (Å²) >= 11 is 0. The molecule has 0 bridgehead atoms. The van der Waals surface area contributed by atoms with Gasteiger partial charge in [-0.2, -0.15) is 0 Å². The lowest BCUT2D eigenvalue weighted by atomic mass is 9.87. The number of amides is 2. The van der Waals surface area contributed by atoms with E-state index in [0.717, 1.165) is 19.3 Å². The summed E-state index contributed by atoms with van der Waals surface area (Å²) in [4.78, 5) is 52.5. The molecule has 0 radical (unpaired) electrons. The molecule has 9 heteroatoms. The molecular formula is C21H25N5O4. The first-order chi connectivity index (χ1) is 14.4. The van der Waals surface area contributed by atoms with Gasteiger partial charge >= 0.3 is 5.69 Å². The maximum atomic E-state index is 12.8. The minimum absolute atomic E-state index is 0.00229. The van der Waals surface area contributed by atoms with Crippen LogP contribution >= 0.6 is 0 Å². The zero-order valence-corrected chi connectivity index (χ0v) is 16.5. The maximum absolute atomic E-state index is 12.8. The van der Waals surface area contributed by atoms with E-state index in [2.05, 4.69) is 27.8 Å². The topological polar surface area (TPSA) is 150 Å². The summed E-state index contributed by atoms with van der Waals surface area (Å²) in [7, 11) is 0. The molecule has 1 fully saturated rings. The van der Waals surface area contributed by atoms with Gasteiger partial charge in [-0.3, -0.25) is 19.4 Å². The van der Waals surface area contributed by atoms with Crippen molar-refractivity contribution < 1.29 is 9.59 Å². The molecule has 0 spiro atoms. The number of aryl methyl sites for hydroxylation is 1. The van der Waals surface area contributed by atoms with Gasteiger partial charge in [-0.05, 0) is 49.7 Å². The molecule has 6 N–H and O–H groups in total. The molecule has 30 heavy (non-hydrogen) atoms. The monoisotopic (exact) mass is 411 g/mol. The molecule has 1 heterocycles. The minimum Gasteiger partial charge on any atom is -0.392 e. The van der Waals surface area contributed by atoms with Crippen LogP contribution in [-0.4, -0.2) is 27.8 Å². The number of hydrogen-bond acceptors (Lipinski definition) is 5. The number of fused-ring (bicyclic) bond motifs is 1. The Morgan fingerprint density at radius 2 is 1.83 bits per heavy atom. The molecule has 2 aliphatic carbocycles. The molecular weight excluding hydrogens is 386 g/mol. The van der Waals surface area contributed by atoms with Gasteiger partial charge in [0, 0.05) is 12.0 Å². The van der Waals surface area contributed by atoms with Gasteiger partial charge in [0.05, 0.1) is 6.04 Å². The number of nitrogens with one attached hydrogen (secondary N) is 4. The van der Waals surface area contributed by atoms with E-state index in [-0.39, 0.29) is 35.3 Å². The van der Waals surface area contributed by atoms with Gasteiger partial charge in [0.2, 0.25) is 5.91 Å². The number of carbonyl (C=O) groups excluding carboxylic acids is 2. The Balaban J connectivity index is 1.37. The van der Waals surface area contributed by atoms with Crippen molar-refractivity contribution in [3.63, 3.8) is 0 Å². The fourth-order valence-corrected chi connectivity index (χ4v) is 4.48. The van der Waals surface area contributed by atoms with Crippen LogP contribution in [-0.2, 0) is 11.2 Å². The highest BCUT2D eigenvalue weighted by Crippen LogP contribution is 2.31. The predicted molar refractivity (Wildman–Crippen MR) is 111 cm³/mol. The number of aromatic nitrogens is 2. The normalized spacial score (nSPS) is 22.9. The van der Waals surface area contributed by atoms with Gasteiger partial charge in [-0.25, -0.2) is 4.79 Å². The summed E-state index contributed by atoms with van der Waals surface area (Å²) < 4.78 is 0. The van der Waals surface area contributed by atoms with E-state index < -0.39 is 17.2 Å². The first-order valence-corrected chi connectivity index (χ1v) is 10.2. The van der Waals surface area contributed by atoms with Crippen LogP contribution in [0.25, 0.3) is 0 Å². The van der Waals surface area contributed by atoms with E-state index >= 15 is 0 Å². The highest BCUT2D eigenvalue weighted by Gasteiger charge is 2.33. The van der Waals surface area contributed by atoms with Gasteiger partial charge in [0.15, 0.2) is 0 Å². The molecule has 2 aromatic rings. The van der Waals surface area contributed by atoms with Crippen LogP contribution in [0, 0.1) is 5.92 Å². The van der Waals surface area contributed by atoms with Crippen molar-refractivity contribution in [2.24, 2.45) is 5.92 Å². The van der Waals surface area contributed by atoms with Gasteiger partial charge in [0.1, 0.15) is 11.4 Å². The highest BCUT2D eigenvalue weighted by molar-refractivity contribution is 5.97. The van der Waals surface area contributed by atoms with Crippen LogP contribution in [0.5, 0.6) is 0 Å². The Kier molecular flexibility index (Phi) is 5.43. The first-order valence-electron chi connectivity index (χ1n) is 10.2. The van der Waals surface area contributed by atoms with Gasteiger partial charge < -0.3 is 21.4 Å². The molecule has 0 saturated heterocycles. The molecule has 1 aromatic heterocycles. The maximum Gasteiger partial charge on any atom is 0.326 e. The quantitative estimate of drug-likeness (QED) is 0.503. The van der Waals surface area contributed by atoms with E-state index in [0.29, 0.717) is 19.3 Å². The molecule has 1 saturated carbocycles. The zero-order chi connectivity index (χ0) is 21.3. The Labute approximate surface area is 172 Å². The Morgan fingerprint density at radius 3 is 2.67 bits per heavy atom. The predicted octanol–water partition coefficient (Wildman–Crippen LogP) is 0.738. The van der Waals surface area contributed by atoms with E-state index in [1.165, 1.54) is 11.1 Å². The van der Waals surface area contributed by atoms with Gasteiger partial charge in [0.25, 0.3) is 11.5 Å². The summed E-state index contributed by atoms with van der Waals surface area (Å²) in [5.74, 6) is -0.819. The first kappa shape index (κ1) is 19.9. The van der Waals surface area contributed by atoms with Crippen LogP contribution in [0.15, 0.2) is 33.9 Å². The molecule has 4 rings (SSSR count). The van der Waals surface area contributed by atoms with Gasteiger partial charge in [-0.15, -0.1) is 0 Å². The summed E-state index contributed by atoms with van der Waals surface area (Å²) in [6.45, 7) is 0. The largest absolute Gasteiger partial charge is 0.392 e. The molecule has 158 valence electrons. The van der Waals surface area contributed by atoms with Crippen molar-refractivity contribution >= 4 is 17.5 Å². The average Bonchev–Trinajstić information content (AvgIpc) is 3.19. The highest BCUT2D eigenvalue weighted by atomic mass is 16.2. The minimum atomic E-state index is -0.805. The summed E-state index contributed by atoms with van der Waals surface area (Å²) in [5, 5.41) is 5.95. The molecule has 9 nitrogen and oxygen atoms in total. The van der Waals surface area contributed by atoms with Crippen molar-refractivity contribution in [1.29, 1.82) is 0 Å². The molecule has 2 amide bonds. The lowest BCUT2D eigenvalue weighted by Crippen LogP contribution is -2.39. The number of benzene rings is 1. The molecule has 3 atom stereocenters. The van der Waals surface area contributed by atoms with Crippen LogP contribution in [0.4, 0.5) is 5.69 Å². The van der Waals surface area contributed by atoms with Gasteiger partial charge in [-0.1, -0.05) is 24.3 Å². The number of hydrogen-bond donors (Lipinski definition) is 5. The summed E-state index contributed by atoms with van der Waals surface area (Å²) in [6.07, 6.45) is 4.80. The van der Waals surface area contributed by atoms with E-state index in [4.69, 9.17) is 5.73 Å². The standard InChI is InChI=1S/C21H25N5O4/c22-16-17(25-21(30)26-19(16)28)20(29)23-13-9-8-12(10-13)18(27)24-15-7-3-5-11-4-1-2-6-14(11)15/h1-2,4,6,12-13,15H,3,5,7-10,22H2,(H,23,29)(H,24,27)(H2,25,26,28,30)/t12-,13-,15?/m1/s1. The van der Waals surface area contributed by atoms with E-state index in [1.807, 2.05) is 17.1 Å². The molecule has 2 aliphatic rings. The Hall–Kier alpha value is -3.36. The second-order valence-corrected chi connectivity index (χ2v) is 8.03. The summed E-state index contributed by atoms with van der Waals surface area (Å²) in [6, 6.07) is 8.00. The number of nitrogens with two attached hydrogens (primary N) is 1. The Bertz CT molecular complexity index is 1090. The number of H-pyrrole nitrogens is 2. The third-order valence-electron chi connectivity index (χ3n) is 6.03. The fraction of sp³-hybridized carbons (Fsp3) is 0.429. The van der Waals surface area contributed by atoms with Crippen LogP contribution in [0.3, 0.4) is 0 Å². The third kappa shape index (κ3) is 4.00. The summed E-state index contributed by atoms with van der Waals surface area (Å²) in [5.41, 5.74) is 5.89. The second kappa shape index (κ2) is 8.17. The zero-order valence-electron chi connectivity index (χ0n) is 16.5. The van der Waals surface area contributed by atoms with Crippen molar-refractivity contribution in [3.8, 4) is 0 Å². The molecule has 1 aromatic carbocycles. The van der Waals surface area contributed by atoms with Crippen LogP contribution in [0.1, 0.15) is 59.8 Å². The SMILES string of the molecule is Nc1c(C(=O)N[C@@H]2CC[C@@H](C(=O)NC3CCCc4ccccc43)C2)[nH]c(=O)[nH]c1=O. The van der Waals surface area contributed by atoms with Crippen LogP contribution < -0.4 is 27.6 Å². The lowest BCUT2D eigenvalue weighted by Gasteiger charge is -2.27. The number of aromatic amines is 2. The lowest BCUT2D eigenvalue weighted by molar-refractivity contribution is -0.125. The van der Waals surface area contributed by atoms with E-state index in [9.17, 15) is 19.2 Å².